The number of amides is 1. The average Bonchev–Trinajstić information content (AvgIpc) is 3.00. The second kappa shape index (κ2) is 7.42. The number of benzene rings is 1. The Labute approximate surface area is 158 Å². The zero-order chi connectivity index (χ0) is 20.6. The van der Waals surface area contributed by atoms with Crippen molar-refractivity contribution in [2.45, 2.75) is 38.6 Å². The molecule has 0 radical (unpaired) electrons. The molecule has 28 heavy (non-hydrogen) atoms. The summed E-state index contributed by atoms with van der Waals surface area (Å²) in [6.07, 6.45) is -5.45. The second-order valence-electron chi connectivity index (χ2n) is 6.94. The summed E-state index contributed by atoms with van der Waals surface area (Å²) in [4.78, 5) is 28.8. The Hall–Kier alpha value is -2.62. The molecule has 1 aliphatic heterocycles. The standard InChI is InChI=1S/C18H20F3N3O4/c1-10(2)24-14-4-3-11(7-13(14)22-17(24)18(19,20)21)16(27)23-5-6-28-12(9-23)8-15(25)26/h3-4,7,10,12H,5-6,8-9H2,1-2H3,(H,25,26)/t12-/m1/s1. The first-order valence-corrected chi connectivity index (χ1v) is 8.79. The maximum atomic E-state index is 13.3. The quantitative estimate of drug-likeness (QED) is 0.855. The lowest BCUT2D eigenvalue weighted by Gasteiger charge is -2.32. The molecular weight excluding hydrogens is 379 g/mol. The average molecular weight is 399 g/mol. The normalized spacial score (nSPS) is 18.1. The van der Waals surface area contributed by atoms with Crippen LogP contribution in [0.1, 0.15) is 42.5 Å². The molecule has 0 saturated carbocycles. The number of rotatable bonds is 4. The molecule has 152 valence electrons. The number of nitrogens with zero attached hydrogens (tertiary/aromatic N) is 3. The number of ether oxygens (including phenoxy) is 1. The van der Waals surface area contributed by atoms with Gasteiger partial charge in [0.15, 0.2) is 0 Å². The van der Waals surface area contributed by atoms with Crippen molar-refractivity contribution < 1.29 is 32.6 Å². The van der Waals surface area contributed by atoms with Gasteiger partial charge in [-0.25, -0.2) is 4.98 Å². The van der Waals surface area contributed by atoms with Crippen LogP contribution in [0.25, 0.3) is 11.0 Å². The van der Waals surface area contributed by atoms with Crippen LogP contribution in [0.4, 0.5) is 13.2 Å². The number of aromatic nitrogens is 2. The summed E-state index contributed by atoms with van der Waals surface area (Å²) < 4.78 is 46.4. The third-order valence-corrected chi connectivity index (χ3v) is 4.53. The van der Waals surface area contributed by atoms with Crippen molar-refractivity contribution in [3.8, 4) is 0 Å². The van der Waals surface area contributed by atoms with Crippen LogP contribution in [0, 0.1) is 0 Å². The fourth-order valence-corrected chi connectivity index (χ4v) is 3.36. The maximum absolute atomic E-state index is 13.3. The third kappa shape index (κ3) is 3.96. The summed E-state index contributed by atoms with van der Waals surface area (Å²) in [5.74, 6) is -2.43. The van der Waals surface area contributed by atoms with E-state index < -0.39 is 36.0 Å². The minimum absolute atomic E-state index is 0.0854. The summed E-state index contributed by atoms with van der Waals surface area (Å²) in [6.45, 7) is 3.85. The van der Waals surface area contributed by atoms with Crippen molar-refractivity contribution in [3.63, 3.8) is 0 Å². The Balaban J connectivity index is 1.92. The molecule has 1 aromatic heterocycles. The van der Waals surface area contributed by atoms with Crippen molar-refractivity contribution in [1.82, 2.24) is 14.5 Å². The topological polar surface area (TPSA) is 84.7 Å². The highest BCUT2D eigenvalue weighted by Crippen LogP contribution is 2.34. The first kappa shape index (κ1) is 20.1. The predicted octanol–water partition coefficient (Wildman–Crippen LogP) is 2.95. The molecule has 1 N–H and O–H groups in total. The molecule has 0 spiro atoms. The van der Waals surface area contributed by atoms with E-state index in [1.165, 1.54) is 23.1 Å². The Morgan fingerprint density at radius 1 is 1.36 bits per heavy atom. The molecule has 1 saturated heterocycles. The van der Waals surface area contributed by atoms with Crippen LogP contribution in [-0.2, 0) is 15.7 Å². The number of halogens is 3. The van der Waals surface area contributed by atoms with Crippen molar-refractivity contribution in [2.24, 2.45) is 0 Å². The molecule has 2 aromatic rings. The SMILES string of the molecule is CC(C)n1c(C(F)(F)F)nc2cc(C(=O)N3CCO[C@H](CC(=O)O)C3)ccc21. The van der Waals surface area contributed by atoms with E-state index in [4.69, 9.17) is 9.84 Å². The molecule has 2 heterocycles. The maximum Gasteiger partial charge on any atom is 0.449 e. The monoisotopic (exact) mass is 399 g/mol. The molecule has 10 heteroatoms. The van der Waals surface area contributed by atoms with Gasteiger partial charge in [0.25, 0.3) is 5.91 Å². The molecular formula is C18H20F3N3O4. The van der Waals surface area contributed by atoms with Crippen LogP contribution >= 0.6 is 0 Å². The Morgan fingerprint density at radius 3 is 2.68 bits per heavy atom. The van der Waals surface area contributed by atoms with Crippen molar-refractivity contribution in [3.05, 3.63) is 29.6 Å². The molecule has 3 rings (SSSR count). The third-order valence-electron chi connectivity index (χ3n) is 4.53. The number of carbonyl (C=O) groups excluding carboxylic acids is 1. The van der Waals surface area contributed by atoms with Crippen molar-refractivity contribution in [2.75, 3.05) is 19.7 Å². The lowest BCUT2D eigenvalue weighted by atomic mass is 10.1. The van der Waals surface area contributed by atoms with Gasteiger partial charge in [0.05, 0.1) is 30.2 Å². The number of hydrogen-bond acceptors (Lipinski definition) is 4. The number of fused-ring (bicyclic) bond motifs is 1. The number of hydrogen-bond donors (Lipinski definition) is 1. The molecule has 7 nitrogen and oxygen atoms in total. The van der Waals surface area contributed by atoms with Crippen LogP contribution in [0.2, 0.25) is 0 Å². The molecule has 1 fully saturated rings. The lowest BCUT2D eigenvalue weighted by molar-refractivity contribution is -0.147. The predicted molar refractivity (Wildman–Crippen MR) is 93.0 cm³/mol. The van der Waals surface area contributed by atoms with Crippen LogP contribution in [-0.4, -0.2) is 57.2 Å². The van der Waals surface area contributed by atoms with Gasteiger partial charge >= 0.3 is 12.1 Å². The lowest BCUT2D eigenvalue weighted by Crippen LogP contribution is -2.46. The highest BCUT2D eigenvalue weighted by molar-refractivity contribution is 5.97. The molecule has 0 unspecified atom stereocenters. The van der Waals surface area contributed by atoms with E-state index in [2.05, 4.69) is 4.98 Å². The van der Waals surface area contributed by atoms with E-state index in [0.29, 0.717) is 5.52 Å². The summed E-state index contributed by atoms with van der Waals surface area (Å²) in [6, 6.07) is 3.81. The van der Waals surface area contributed by atoms with Crippen LogP contribution < -0.4 is 0 Å². The van der Waals surface area contributed by atoms with E-state index in [1.54, 1.807) is 13.8 Å². The van der Waals surface area contributed by atoms with E-state index >= 15 is 0 Å². The van der Waals surface area contributed by atoms with Crippen LogP contribution in [0.15, 0.2) is 18.2 Å². The molecule has 1 atom stereocenters. The minimum Gasteiger partial charge on any atom is -0.481 e. The van der Waals surface area contributed by atoms with Gasteiger partial charge in [0.2, 0.25) is 5.82 Å². The van der Waals surface area contributed by atoms with E-state index in [0.717, 1.165) is 4.57 Å². The Morgan fingerprint density at radius 2 is 2.07 bits per heavy atom. The Kier molecular flexibility index (Phi) is 5.33. The number of carboxylic acids is 1. The fraction of sp³-hybridized carbons (Fsp3) is 0.500. The van der Waals surface area contributed by atoms with Crippen LogP contribution in [0.5, 0.6) is 0 Å². The number of aliphatic carboxylic acids is 1. The van der Waals surface area contributed by atoms with Gasteiger partial charge in [-0.2, -0.15) is 13.2 Å². The second-order valence-corrected chi connectivity index (χ2v) is 6.94. The van der Waals surface area contributed by atoms with E-state index in [9.17, 15) is 22.8 Å². The van der Waals surface area contributed by atoms with Gasteiger partial charge < -0.3 is 19.3 Å². The van der Waals surface area contributed by atoms with E-state index in [-0.39, 0.29) is 37.2 Å². The summed E-state index contributed by atoms with van der Waals surface area (Å²) in [7, 11) is 0. The number of carbonyl (C=O) groups is 2. The van der Waals surface area contributed by atoms with Gasteiger partial charge in [-0.3, -0.25) is 9.59 Å². The van der Waals surface area contributed by atoms with Crippen molar-refractivity contribution >= 4 is 22.9 Å². The Bertz CT molecular complexity index is 907. The number of carboxylic acid groups (broad SMARTS) is 1. The van der Waals surface area contributed by atoms with Crippen molar-refractivity contribution in [1.29, 1.82) is 0 Å². The number of alkyl halides is 3. The molecule has 0 aliphatic carbocycles. The first-order valence-electron chi connectivity index (χ1n) is 8.79. The molecule has 1 aromatic carbocycles. The number of morpholine rings is 1. The van der Waals surface area contributed by atoms with Crippen LogP contribution in [0.3, 0.4) is 0 Å². The number of imidazole rings is 1. The first-order chi connectivity index (χ1) is 13.1. The van der Waals surface area contributed by atoms with Gasteiger partial charge in [-0.05, 0) is 32.0 Å². The molecule has 1 aliphatic rings. The highest BCUT2D eigenvalue weighted by Gasteiger charge is 2.38. The van der Waals surface area contributed by atoms with E-state index in [1.807, 2.05) is 0 Å². The molecule has 1 amide bonds. The highest BCUT2D eigenvalue weighted by atomic mass is 19.4. The fourth-order valence-electron chi connectivity index (χ4n) is 3.36. The van der Waals surface area contributed by atoms with Gasteiger partial charge in [0, 0.05) is 24.7 Å². The smallest absolute Gasteiger partial charge is 0.449 e. The zero-order valence-electron chi connectivity index (χ0n) is 15.4. The van der Waals surface area contributed by atoms with Gasteiger partial charge in [-0.15, -0.1) is 0 Å². The van der Waals surface area contributed by atoms with Gasteiger partial charge in [-0.1, -0.05) is 0 Å². The summed E-state index contributed by atoms with van der Waals surface area (Å²) in [5, 5.41) is 8.88. The zero-order valence-corrected chi connectivity index (χ0v) is 15.4. The molecule has 0 bridgehead atoms. The van der Waals surface area contributed by atoms with Gasteiger partial charge in [0.1, 0.15) is 0 Å². The summed E-state index contributed by atoms with van der Waals surface area (Å²) >= 11 is 0. The summed E-state index contributed by atoms with van der Waals surface area (Å²) in [5.41, 5.74) is 0.581. The largest absolute Gasteiger partial charge is 0.481 e. The minimum atomic E-state index is -4.61.